The predicted molar refractivity (Wildman–Crippen MR) is 70.0 cm³/mol. The van der Waals surface area contributed by atoms with Gasteiger partial charge in [0.15, 0.2) is 0 Å². The van der Waals surface area contributed by atoms with Crippen molar-refractivity contribution < 1.29 is 14.2 Å². The molecule has 0 saturated heterocycles. The van der Waals surface area contributed by atoms with Crippen LogP contribution in [0.1, 0.15) is 0 Å². The number of aromatic hydroxyl groups is 1. The lowest BCUT2D eigenvalue weighted by Crippen LogP contribution is -1.85. The minimum absolute atomic E-state index is 0.108. The highest BCUT2D eigenvalue weighted by Crippen LogP contribution is 2.37. The Morgan fingerprint density at radius 1 is 0.941 bits per heavy atom. The molecule has 0 aromatic heterocycles. The molecule has 0 aliphatic carbocycles. The average Bonchev–Trinajstić information content (AvgIpc) is 2.29. The van der Waals surface area contributed by atoms with Gasteiger partial charge in [-0.1, -0.05) is 0 Å². The molecule has 0 aliphatic rings. The van der Waals surface area contributed by atoms with Crippen LogP contribution in [0, 0.1) is 5.82 Å². The van der Waals surface area contributed by atoms with Crippen LogP contribution < -0.4 is 4.74 Å². The molecule has 0 heterocycles. The van der Waals surface area contributed by atoms with Gasteiger partial charge in [-0.05, 0) is 68.3 Å². The Hall–Kier alpha value is -1.07. The summed E-state index contributed by atoms with van der Waals surface area (Å²) in [7, 11) is 0. The lowest BCUT2D eigenvalue weighted by molar-refractivity contribution is 0.457. The van der Waals surface area contributed by atoms with E-state index in [1.165, 1.54) is 24.3 Å². The maximum Gasteiger partial charge on any atom is 0.144 e. The van der Waals surface area contributed by atoms with Gasteiger partial charge >= 0.3 is 0 Å². The van der Waals surface area contributed by atoms with E-state index < -0.39 is 0 Å². The van der Waals surface area contributed by atoms with E-state index in [1.54, 1.807) is 12.1 Å². The van der Waals surface area contributed by atoms with Crippen molar-refractivity contribution in [2.45, 2.75) is 0 Å². The summed E-state index contributed by atoms with van der Waals surface area (Å²) in [4.78, 5) is 0. The van der Waals surface area contributed by atoms with Crippen LogP contribution >= 0.6 is 31.9 Å². The topological polar surface area (TPSA) is 29.5 Å². The molecular formula is C12H7Br2FO2. The fourth-order valence-corrected chi connectivity index (χ4v) is 2.38. The highest BCUT2D eigenvalue weighted by atomic mass is 79.9. The third-order valence-electron chi connectivity index (χ3n) is 2.04. The van der Waals surface area contributed by atoms with E-state index >= 15 is 0 Å². The summed E-state index contributed by atoms with van der Waals surface area (Å²) in [5, 5.41) is 9.53. The number of halogens is 3. The zero-order chi connectivity index (χ0) is 12.4. The van der Waals surface area contributed by atoms with E-state index in [4.69, 9.17) is 4.74 Å². The van der Waals surface area contributed by atoms with Crippen molar-refractivity contribution >= 4 is 31.9 Å². The van der Waals surface area contributed by atoms with Gasteiger partial charge in [0.2, 0.25) is 0 Å². The number of phenolic OH excluding ortho intramolecular Hbond substituents is 1. The molecule has 2 aromatic carbocycles. The van der Waals surface area contributed by atoms with Crippen molar-refractivity contribution in [2.75, 3.05) is 0 Å². The van der Waals surface area contributed by atoms with Gasteiger partial charge in [0.1, 0.15) is 23.1 Å². The Balaban J connectivity index is 2.27. The first-order valence-corrected chi connectivity index (χ1v) is 6.26. The summed E-state index contributed by atoms with van der Waals surface area (Å²) < 4.78 is 19.3. The van der Waals surface area contributed by atoms with Crippen molar-refractivity contribution in [3.05, 3.63) is 51.2 Å². The average molecular weight is 362 g/mol. The SMILES string of the molecule is Oc1c(Br)cc(Oc2ccc(F)cc2)cc1Br. The van der Waals surface area contributed by atoms with Gasteiger partial charge in [0, 0.05) is 0 Å². The molecule has 88 valence electrons. The fourth-order valence-electron chi connectivity index (χ4n) is 1.24. The molecule has 0 spiro atoms. The lowest BCUT2D eigenvalue weighted by Gasteiger charge is -2.08. The molecule has 0 aliphatic heterocycles. The Morgan fingerprint density at radius 2 is 1.47 bits per heavy atom. The quantitative estimate of drug-likeness (QED) is 0.828. The molecule has 2 aromatic rings. The Labute approximate surface area is 114 Å². The van der Waals surface area contributed by atoms with Crippen molar-refractivity contribution in [3.8, 4) is 17.2 Å². The van der Waals surface area contributed by atoms with Crippen molar-refractivity contribution in [3.63, 3.8) is 0 Å². The number of hydrogen-bond donors (Lipinski definition) is 1. The number of hydrogen-bond acceptors (Lipinski definition) is 2. The van der Waals surface area contributed by atoms with E-state index in [2.05, 4.69) is 31.9 Å². The Kier molecular flexibility index (Phi) is 3.69. The number of ether oxygens (including phenoxy) is 1. The van der Waals surface area contributed by atoms with E-state index in [0.717, 1.165) is 0 Å². The summed E-state index contributed by atoms with van der Waals surface area (Å²) in [5.41, 5.74) is 0. The van der Waals surface area contributed by atoms with E-state index in [9.17, 15) is 9.50 Å². The lowest BCUT2D eigenvalue weighted by atomic mass is 10.3. The smallest absolute Gasteiger partial charge is 0.144 e. The van der Waals surface area contributed by atoms with Crippen LogP contribution in [0.2, 0.25) is 0 Å². The monoisotopic (exact) mass is 360 g/mol. The maximum absolute atomic E-state index is 12.7. The molecule has 17 heavy (non-hydrogen) atoms. The second-order valence-electron chi connectivity index (χ2n) is 3.29. The van der Waals surface area contributed by atoms with Crippen molar-refractivity contribution in [1.82, 2.24) is 0 Å². The fraction of sp³-hybridized carbons (Fsp3) is 0. The zero-order valence-electron chi connectivity index (χ0n) is 8.45. The highest BCUT2D eigenvalue weighted by molar-refractivity contribution is 9.11. The molecule has 0 bridgehead atoms. The van der Waals surface area contributed by atoms with E-state index in [1.807, 2.05) is 0 Å². The summed E-state index contributed by atoms with van der Waals surface area (Å²) in [6.07, 6.45) is 0. The summed E-state index contributed by atoms with van der Waals surface area (Å²) >= 11 is 6.40. The van der Waals surface area contributed by atoms with Gasteiger partial charge in [-0.25, -0.2) is 4.39 Å². The Bertz CT molecular complexity index is 518. The van der Waals surface area contributed by atoms with Crippen LogP contribution in [0.25, 0.3) is 0 Å². The molecule has 0 radical (unpaired) electrons. The largest absolute Gasteiger partial charge is 0.506 e. The number of phenols is 1. The summed E-state index contributed by atoms with van der Waals surface area (Å²) in [5.74, 6) is 0.853. The second-order valence-corrected chi connectivity index (χ2v) is 5.00. The maximum atomic E-state index is 12.7. The molecule has 2 nitrogen and oxygen atoms in total. The number of benzene rings is 2. The molecule has 0 unspecified atom stereocenters. The standard InChI is InChI=1S/C12H7Br2FO2/c13-10-5-9(6-11(14)12(10)16)17-8-3-1-7(15)2-4-8/h1-6,16H. The third-order valence-corrected chi connectivity index (χ3v) is 3.25. The van der Waals surface area contributed by atoms with Crippen LogP contribution in [0.4, 0.5) is 4.39 Å². The highest BCUT2D eigenvalue weighted by Gasteiger charge is 2.07. The zero-order valence-corrected chi connectivity index (χ0v) is 11.6. The first-order valence-electron chi connectivity index (χ1n) is 4.67. The molecule has 5 heteroatoms. The van der Waals surface area contributed by atoms with Gasteiger partial charge in [-0.2, -0.15) is 0 Å². The van der Waals surface area contributed by atoms with E-state index in [-0.39, 0.29) is 11.6 Å². The van der Waals surface area contributed by atoms with Crippen LogP contribution in [-0.4, -0.2) is 5.11 Å². The Morgan fingerprint density at radius 3 is 2.00 bits per heavy atom. The van der Waals surface area contributed by atoms with E-state index in [0.29, 0.717) is 20.4 Å². The first kappa shape index (κ1) is 12.4. The van der Waals surface area contributed by atoms with Crippen LogP contribution in [0.5, 0.6) is 17.2 Å². The molecular weight excluding hydrogens is 355 g/mol. The molecule has 2 rings (SSSR count). The summed E-state index contributed by atoms with van der Waals surface area (Å²) in [6.45, 7) is 0. The predicted octanol–water partition coefficient (Wildman–Crippen LogP) is 4.85. The van der Waals surface area contributed by atoms with Gasteiger partial charge in [-0.15, -0.1) is 0 Å². The van der Waals surface area contributed by atoms with Gasteiger partial charge < -0.3 is 9.84 Å². The third kappa shape index (κ3) is 2.98. The van der Waals surface area contributed by atoms with Crippen LogP contribution in [0.3, 0.4) is 0 Å². The minimum atomic E-state index is -0.314. The first-order chi connectivity index (χ1) is 8.06. The summed E-state index contributed by atoms with van der Waals surface area (Å²) in [6, 6.07) is 8.96. The van der Waals surface area contributed by atoms with Gasteiger partial charge in [0.05, 0.1) is 8.95 Å². The molecule has 0 saturated carbocycles. The number of rotatable bonds is 2. The molecule has 0 amide bonds. The van der Waals surface area contributed by atoms with Crippen LogP contribution in [-0.2, 0) is 0 Å². The van der Waals surface area contributed by atoms with Gasteiger partial charge in [0.25, 0.3) is 0 Å². The van der Waals surface area contributed by atoms with Crippen LogP contribution in [0.15, 0.2) is 45.3 Å². The van der Waals surface area contributed by atoms with Gasteiger partial charge in [-0.3, -0.25) is 0 Å². The van der Waals surface area contributed by atoms with Crippen molar-refractivity contribution in [1.29, 1.82) is 0 Å². The van der Waals surface area contributed by atoms with Crippen molar-refractivity contribution in [2.24, 2.45) is 0 Å². The molecule has 1 N–H and O–H groups in total. The molecule has 0 fully saturated rings. The normalized spacial score (nSPS) is 10.3. The minimum Gasteiger partial charge on any atom is -0.506 e. The molecule has 0 atom stereocenters. The second kappa shape index (κ2) is 5.06.